The van der Waals surface area contributed by atoms with Crippen molar-refractivity contribution in [2.45, 2.75) is 96.5 Å². The van der Waals surface area contributed by atoms with Gasteiger partial charge in [-0.15, -0.1) is 0 Å². The van der Waals surface area contributed by atoms with E-state index in [4.69, 9.17) is 0 Å². The Balaban J connectivity index is 1.38. The van der Waals surface area contributed by atoms with Gasteiger partial charge in [0.25, 0.3) is 0 Å². The van der Waals surface area contributed by atoms with Gasteiger partial charge >= 0.3 is 0 Å². The maximum atomic E-state index is 9.58. The molecule has 0 atom stereocenters. The van der Waals surface area contributed by atoms with E-state index in [2.05, 4.69) is 31.2 Å². The molecule has 2 saturated carbocycles. The Morgan fingerprint density at radius 2 is 1.28 bits per heavy atom. The lowest BCUT2D eigenvalue weighted by atomic mass is 9.73. The highest BCUT2D eigenvalue weighted by Crippen LogP contribution is 2.40. The summed E-state index contributed by atoms with van der Waals surface area (Å²) in [5.74, 6) is 3.72. The molecule has 1 aromatic rings. The minimum Gasteiger partial charge on any atom is -0.392 e. The van der Waals surface area contributed by atoms with Gasteiger partial charge in [-0.1, -0.05) is 82.6 Å². The Hall–Kier alpha value is -0.820. The van der Waals surface area contributed by atoms with Crippen molar-refractivity contribution in [2.75, 3.05) is 0 Å². The monoisotopic (exact) mass is 342 g/mol. The molecular weight excluding hydrogens is 304 g/mol. The van der Waals surface area contributed by atoms with E-state index in [0.29, 0.717) is 5.92 Å². The van der Waals surface area contributed by atoms with E-state index < -0.39 is 0 Å². The van der Waals surface area contributed by atoms with Gasteiger partial charge in [0.2, 0.25) is 0 Å². The third kappa shape index (κ3) is 5.33. The first-order valence-corrected chi connectivity index (χ1v) is 11.0. The molecule has 0 amide bonds. The lowest BCUT2D eigenvalue weighted by Gasteiger charge is -2.32. The zero-order valence-corrected chi connectivity index (χ0v) is 16.3. The zero-order chi connectivity index (χ0) is 17.5. The molecule has 0 radical (unpaired) electrons. The van der Waals surface area contributed by atoms with Gasteiger partial charge in [-0.25, -0.2) is 0 Å². The summed E-state index contributed by atoms with van der Waals surface area (Å²) in [5.41, 5.74) is 2.56. The van der Waals surface area contributed by atoms with Crippen LogP contribution >= 0.6 is 0 Å². The Kier molecular flexibility index (Phi) is 7.40. The Morgan fingerprint density at radius 3 is 1.84 bits per heavy atom. The molecule has 3 rings (SSSR count). The average molecular weight is 343 g/mol. The molecule has 0 unspecified atom stereocenters. The first-order valence-electron chi connectivity index (χ1n) is 11.0. The van der Waals surface area contributed by atoms with E-state index in [1.807, 2.05) is 0 Å². The van der Waals surface area contributed by atoms with Crippen molar-refractivity contribution in [3.05, 3.63) is 35.4 Å². The summed E-state index contributed by atoms with van der Waals surface area (Å²) in [4.78, 5) is 0. The molecule has 2 fully saturated rings. The summed E-state index contributed by atoms with van der Waals surface area (Å²) in [6.45, 7) is 2.53. The molecule has 0 aliphatic heterocycles. The van der Waals surface area contributed by atoms with Crippen LogP contribution in [0.5, 0.6) is 0 Å². The lowest BCUT2D eigenvalue weighted by molar-refractivity contribution is 0.223. The molecule has 140 valence electrons. The van der Waals surface area contributed by atoms with Crippen molar-refractivity contribution in [3.8, 4) is 0 Å². The van der Waals surface area contributed by atoms with Crippen molar-refractivity contribution in [1.82, 2.24) is 0 Å². The molecular formula is C24H38O. The summed E-state index contributed by atoms with van der Waals surface area (Å²) in [5, 5.41) is 9.58. The highest BCUT2D eigenvalue weighted by atomic mass is 16.3. The lowest BCUT2D eigenvalue weighted by Crippen LogP contribution is -2.18. The van der Waals surface area contributed by atoms with Crippen LogP contribution in [-0.4, -0.2) is 5.11 Å². The summed E-state index contributed by atoms with van der Waals surface area (Å²) < 4.78 is 0. The quantitative estimate of drug-likeness (QED) is 0.575. The smallest absolute Gasteiger partial charge is 0.0684 e. The van der Waals surface area contributed by atoms with Gasteiger partial charge in [-0.05, 0) is 60.5 Å². The Morgan fingerprint density at radius 1 is 0.760 bits per heavy atom. The summed E-state index contributed by atoms with van der Waals surface area (Å²) >= 11 is 0. The van der Waals surface area contributed by atoms with E-state index in [1.54, 1.807) is 0 Å². The number of rotatable bonds is 7. The van der Waals surface area contributed by atoms with Gasteiger partial charge in [0.1, 0.15) is 0 Å². The SMILES string of the molecule is CCC[C@H]1CC[C@H](CC[C@H]2CC[C@H](c3ccccc3CO)CC2)CC1. The van der Waals surface area contributed by atoms with Crippen LogP contribution in [0.2, 0.25) is 0 Å². The number of hydrogen-bond acceptors (Lipinski definition) is 1. The number of hydrogen-bond donors (Lipinski definition) is 1. The minimum atomic E-state index is 0.191. The molecule has 0 aromatic heterocycles. The van der Waals surface area contributed by atoms with Gasteiger partial charge in [-0.2, -0.15) is 0 Å². The second-order valence-corrected chi connectivity index (χ2v) is 8.83. The molecule has 0 heterocycles. The first-order chi connectivity index (χ1) is 12.3. The van der Waals surface area contributed by atoms with E-state index >= 15 is 0 Å². The fourth-order valence-corrected chi connectivity index (χ4v) is 5.53. The van der Waals surface area contributed by atoms with Crippen molar-refractivity contribution in [1.29, 1.82) is 0 Å². The van der Waals surface area contributed by atoms with Crippen LogP contribution < -0.4 is 0 Å². The van der Waals surface area contributed by atoms with Crippen LogP contribution in [0.25, 0.3) is 0 Å². The van der Waals surface area contributed by atoms with Crippen LogP contribution in [0, 0.1) is 17.8 Å². The highest BCUT2D eigenvalue weighted by molar-refractivity contribution is 5.30. The number of aliphatic hydroxyl groups excluding tert-OH is 1. The van der Waals surface area contributed by atoms with Crippen LogP contribution in [0.4, 0.5) is 0 Å². The average Bonchev–Trinajstić information content (AvgIpc) is 2.68. The third-order valence-electron chi connectivity index (χ3n) is 7.16. The zero-order valence-electron chi connectivity index (χ0n) is 16.3. The first kappa shape index (κ1) is 19.0. The second-order valence-electron chi connectivity index (χ2n) is 8.83. The molecule has 2 aliphatic rings. The largest absolute Gasteiger partial charge is 0.392 e. The maximum Gasteiger partial charge on any atom is 0.0684 e. The van der Waals surface area contributed by atoms with Gasteiger partial charge in [0, 0.05) is 0 Å². The second kappa shape index (κ2) is 9.76. The van der Waals surface area contributed by atoms with Crippen LogP contribution in [0.1, 0.15) is 101 Å². The molecule has 1 heteroatoms. The van der Waals surface area contributed by atoms with Crippen LogP contribution in [-0.2, 0) is 6.61 Å². The standard InChI is InChI=1S/C24H38O/c1-2-5-19-8-10-20(11-9-19)12-13-21-14-16-22(17-15-21)24-7-4-3-6-23(24)18-25/h3-4,6-7,19-22,25H,2,5,8-18H2,1H3/t19-,20-,21-,22-. The molecule has 1 N–H and O–H groups in total. The van der Waals surface area contributed by atoms with E-state index in [0.717, 1.165) is 23.3 Å². The molecule has 0 spiro atoms. The topological polar surface area (TPSA) is 20.2 Å². The molecule has 1 nitrogen and oxygen atoms in total. The molecule has 25 heavy (non-hydrogen) atoms. The normalized spacial score (nSPS) is 30.3. The molecule has 2 aliphatic carbocycles. The van der Waals surface area contributed by atoms with E-state index in [1.165, 1.54) is 82.6 Å². The van der Waals surface area contributed by atoms with Gasteiger partial charge in [0.15, 0.2) is 0 Å². The molecule has 1 aromatic carbocycles. The highest BCUT2D eigenvalue weighted by Gasteiger charge is 2.25. The van der Waals surface area contributed by atoms with Crippen molar-refractivity contribution < 1.29 is 5.11 Å². The molecule has 0 bridgehead atoms. The molecule has 0 saturated heterocycles. The third-order valence-corrected chi connectivity index (χ3v) is 7.16. The minimum absolute atomic E-state index is 0.191. The summed E-state index contributed by atoms with van der Waals surface area (Å²) in [6.07, 6.45) is 17.3. The van der Waals surface area contributed by atoms with E-state index in [9.17, 15) is 5.11 Å². The Bertz CT molecular complexity index is 493. The van der Waals surface area contributed by atoms with Crippen molar-refractivity contribution >= 4 is 0 Å². The maximum absolute atomic E-state index is 9.58. The van der Waals surface area contributed by atoms with Crippen molar-refractivity contribution in [3.63, 3.8) is 0 Å². The van der Waals surface area contributed by atoms with Gasteiger partial charge < -0.3 is 5.11 Å². The van der Waals surface area contributed by atoms with Crippen molar-refractivity contribution in [2.24, 2.45) is 17.8 Å². The fraction of sp³-hybridized carbons (Fsp3) is 0.750. The van der Waals surface area contributed by atoms with Gasteiger partial charge in [-0.3, -0.25) is 0 Å². The van der Waals surface area contributed by atoms with E-state index in [-0.39, 0.29) is 6.61 Å². The predicted octanol–water partition coefficient (Wildman–Crippen LogP) is 6.84. The summed E-state index contributed by atoms with van der Waals surface area (Å²) in [6, 6.07) is 8.52. The predicted molar refractivity (Wildman–Crippen MR) is 107 cm³/mol. The van der Waals surface area contributed by atoms with Crippen LogP contribution in [0.15, 0.2) is 24.3 Å². The Labute approximate surface area is 155 Å². The fourth-order valence-electron chi connectivity index (χ4n) is 5.53. The number of benzene rings is 1. The van der Waals surface area contributed by atoms with Gasteiger partial charge in [0.05, 0.1) is 6.61 Å². The van der Waals surface area contributed by atoms with Crippen LogP contribution in [0.3, 0.4) is 0 Å². The summed E-state index contributed by atoms with van der Waals surface area (Å²) in [7, 11) is 0. The number of aliphatic hydroxyl groups is 1.